The molecule has 0 fully saturated rings. The number of carbonyl (C=O) groups excluding carboxylic acids is 1. The summed E-state index contributed by atoms with van der Waals surface area (Å²) < 4.78 is 1.47. The van der Waals surface area contributed by atoms with E-state index in [4.69, 9.17) is 15.7 Å². The maximum absolute atomic E-state index is 13.2. The van der Waals surface area contributed by atoms with Gasteiger partial charge >= 0.3 is 0 Å². The molecule has 5 aromatic rings. The van der Waals surface area contributed by atoms with Crippen LogP contribution in [0.3, 0.4) is 0 Å². The number of aryl methyl sites for hydroxylation is 1. The zero-order valence-corrected chi connectivity index (χ0v) is 17.4. The van der Waals surface area contributed by atoms with E-state index in [2.05, 4.69) is 10.4 Å². The summed E-state index contributed by atoms with van der Waals surface area (Å²) in [7, 11) is 0. The Morgan fingerprint density at radius 1 is 0.938 bits per heavy atom. The van der Waals surface area contributed by atoms with Crippen LogP contribution >= 0.6 is 0 Å². The van der Waals surface area contributed by atoms with E-state index in [9.17, 15) is 4.79 Å². The molecule has 1 amide bonds. The van der Waals surface area contributed by atoms with Gasteiger partial charge in [0, 0.05) is 5.69 Å². The second-order valence-corrected chi connectivity index (χ2v) is 7.38. The number of carbonyl (C=O) groups is 1. The maximum atomic E-state index is 13.2. The number of nitrogens with one attached hydrogen (secondary N) is 1. The average Bonchev–Trinajstić information content (AvgIpc) is 3.08. The summed E-state index contributed by atoms with van der Waals surface area (Å²) in [6.45, 7) is 2.00. The minimum Gasteiger partial charge on any atom is -0.383 e. The van der Waals surface area contributed by atoms with Gasteiger partial charge in [-0.15, -0.1) is 0 Å². The Bertz CT molecular complexity index is 1490. The van der Waals surface area contributed by atoms with Crippen LogP contribution in [0.1, 0.15) is 21.5 Å². The molecule has 2 aromatic heterocycles. The molecule has 7 nitrogen and oxygen atoms in total. The van der Waals surface area contributed by atoms with Gasteiger partial charge in [0.15, 0.2) is 5.65 Å². The second-order valence-electron chi connectivity index (χ2n) is 7.38. The van der Waals surface area contributed by atoms with Gasteiger partial charge in [-0.2, -0.15) is 9.78 Å². The minimum atomic E-state index is -0.367. The van der Waals surface area contributed by atoms with Gasteiger partial charge in [0.05, 0.1) is 17.2 Å². The summed E-state index contributed by atoms with van der Waals surface area (Å²) in [5, 5.41) is 7.45. The number of aromatic nitrogens is 3. The van der Waals surface area contributed by atoms with Crippen molar-refractivity contribution in [3.8, 4) is 0 Å². The lowest BCUT2D eigenvalue weighted by atomic mass is 10.1. The monoisotopic (exact) mass is 420 g/mol. The highest BCUT2D eigenvalue weighted by molar-refractivity contribution is 6.16. The molecule has 3 N–H and O–H groups in total. The number of anilines is 2. The van der Waals surface area contributed by atoms with Crippen molar-refractivity contribution < 1.29 is 4.79 Å². The number of rotatable bonds is 4. The lowest BCUT2D eigenvalue weighted by Crippen LogP contribution is -2.14. The van der Waals surface area contributed by atoms with Crippen molar-refractivity contribution in [3.63, 3.8) is 0 Å². The Balaban J connectivity index is 1.69. The first-order chi connectivity index (χ1) is 15.6. The molecule has 3 aromatic carbocycles. The largest absolute Gasteiger partial charge is 0.383 e. The molecule has 32 heavy (non-hydrogen) atoms. The fourth-order valence-electron chi connectivity index (χ4n) is 3.55. The van der Waals surface area contributed by atoms with E-state index in [0.717, 1.165) is 11.1 Å². The zero-order chi connectivity index (χ0) is 22.1. The zero-order valence-electron chi connectivity index (χ0n) is 17.4. The molecular weight excluding hydrogens is 400 g/mol. The van der Waals surface area contributed by atoms with Gasteiger partial charge in [0.25, 0.3) is 5.91 Å². The van der Waals surface area contributed by atoms with Gasteiger partial charge in [-0.05, 0) is 42.3 Å². The fourth-order valence-corrected chi connectivity index (χ4v) is 3.55. The van der Waals surface area contributed by atoms with Crippen LogP contribution in [0.2, 0.25) is 0 Å². The Morgan fingerprint density at radius 2 is 1.59 bits per heavy atom. The highest BCUT2D eigenvalue weighted by Gasteiger charge is 2.24. The molecule has 0 atom stereocenters. The summed E-state index contributed by atoms with van der Waals surface area (Å²) in [6, 6.07) is 24.6. The van der Waals surface area contributed by atoms with Crippen LogP contribution < -0.4 is 11.1 Å². The molecule has 0 saturated carbocycles. The molecule has 0 aliphatic rings. The Hall–Kier alpha value is -4.52. The molecule has 0 spiro atoms. The van der Waals surface area contributed by atoms with E-state index < -0.39 is 0 Å². The van der Waals surface area contributed by atoms with Gasteiger partial charge in [-0.1, -0.05) is 54.6 Å². The quantitative estimate of drug-likeness (QED) is 0.415. The van der Waals surface area contributed by atoms with Crippen molar-refractivity contribution >= 4 is 45.8 Å². The number of amides is 1. The molecule has 0 radical (unpaired) electrons. The van der Waals surface area contributed by atoms with E-state index in [0.29, 0.717) is 27.9 Å². The predicted molar refractivity (Wildman–Crippen MR) is 128 cm³/mol. The summed E-state index contributed by atoms with van der Waals surface area (Å²) >= 11 is 0. The van der Waals surface area contributed by atoms with Crippen molar-refractivity contribution in [1.82, 2.24) is 14.6 Å². The van der Waals surface area contributed by atoms with Crippen molar-refractivity contribution in [2.45, 2.75) is 6.92 Å². The van der Waals surface area contributed by atoms with Crippen molar-refractivity contribution in [1.29, 1.82) is 0 Å². The number of para-hydroxylation sites is 3. The molecule has 2 heterocycles. The maximum Gasteiger partial charge on any atom is 0.261 e. The number of hydrogen-bond donors (Lipinski definition) is 2. The van der Waals surface area contributed by atoms with Crippen LogP contribution in [0, 0.1) is 6.92 Å². The lowest BCUT2D eigenvalue weighted by Gasteiger charge is -2.05. The number of fused-ring (bicyclic) bond motifs is 2. The Morgan fingerprint density at radius 3 is 2.34 bits per heavy atom. The summed E-state index contributed by atoms with van der Waals surface area (Å²) in [6.07, 6.45) is 1.71. The third-order valence-corrected chi connectivity index (χ3v) is 5.23. The van der Waals surface area contributed by atoms with E-state index >= 15 is 0 Å². The second kappa shape index (κ2) is 7.96. The third-order valence-electron chi connectivity index (χ3n) is 5.23. The van der Waals surface area contributed by atoms with E-state index in [1.54, 1.807) is 6.21 Å². The van der Waals surface area contributed by atoms with Crippen molar-refractivity contribution in [2.75, 3.05) is 11.1 Å². The number of benzene rings is 3. The number of nitrogen functional groups attached to an aromatic ring is 1. The normalized spacial score (nSPS) is 11.4. The van der Waals surface area contributed by atoms with Crippen LogP contribution in [0.5, 0.6) is 0 Å². The predicted octanol–water partition coefficient (Wildman–Crippen LogP) is 4.61. The first kappa shape index (κ1) is 19.4. The van der Waals surface area contributed by atoms with E-state index in [-0.39, 0.29) is 17.3 Å². The highest BCUT2D eigenvalue weighted by Crippen LogP contribution is 2.28. The van der Waals surface area contributed by atoms with Crippen LogP contribution in [0.4, 0.5) is 11.5 Å². The number of hydrogen-bond acceptors (Lipinski definition) is 5. The topological polar surface area (TPSA) is 98.2 Å². The Labute approximate surface area is 184 Å². The van der Waals surface area contributed by atoms with E-state index in [1.165, 1.54) is 4.68 Å². The van der Waals surface area contributed by atoms with Crippen molar-refractivity contribution in [3.05, 3.63) is 95.6 Å². The highest BCUT2D eigenvalue weighted by atomic mass is 16.1. The van der Waals surface area contributed by atoms with Gasteiger partial charge in [0.1, 0.15) is 16.9 Å². The smallest absolute Gasteiger partial charge is 0.261 e. The minimum absolute atomic E-state index is 0.175. The molecule has 0 saturated heterocycles. The van der Waals surface area contributed by atoms with Gasteiger partial charge in [-0.3, -0.25) is 4.79 Å². The van der Waals surface area contributed by atoms with Gasteiger partial charge < -0.3 is 11.1 Å². The molecule has 156 valence electrons. The number of nitrogens with zero attached hydrogens (tertiary/aromatic N) is 4. The third kappa shape index (κ3) is 3.45. The molecule has 0 aliphatic heterocycles. The van der Waals surface area contributed by atoms with E-state index in [1.807, 2.05) is 85.8 Å². The Kier molecular flexibility index (Phi) is 4.84. The summed E-state index contributed by atoms with van der Waals surface area (Å²) in [5.41, 5.74) is 11.6. The lowest BCUT2D eigenvalue weighted by molar-refractivity contribution is 0.102. The standard InChI is InChI=1S/C25H20N6O/c1-16-9-5-6-10-17(16)15-27-31-23(26)21(25(32)28-18-11-3-2-4-12-18)22-24(31)30-20-14-8-7-13-19(20)29-22/h2-15H,26H2,1H3,(H,28,32). The van der Waals surface area contributed by atoms with Gasteiger partial charge in [0.2, 0.25) is 0 Å². The molecule has 0 bridgehead atoms. The van der Waals surface area contributed by atoms with Crippen molar-refractivity contribution in [2.24, 2.45) is 5.10 Å². The first-order valence-electron chi connectivity index (χ1n) is 10.1. The average molecular weight is 420 g/mol. The van der Waals surface area contributed by atoms with Gasteiger partial charge in [-0.25, -0.2) is 9.97 Å². The number of nitrogens with two attached hydrogens (primary N) is 1. The molecule has 0 aliphatic carbocycles. The molecule has 5 rings (SSSR count). The summed E-state index contributed by atoms with van der Waals surface area (Å²) in [5.74, 6) is -0.193. The summed E-state index contributed by atoms with van der Waals surface area (Å²) in [4.78, 5) is 22.6. The molecular formula is C25H20N6O. The van der Waals surface area contributed by atoms with Crippen LogP contribution in [0.15, 0.2) is 84.0 Å². The first-order valence-corrected chi connectivity index (χ1v) is 10.1. The van der Waals surface area contributed by atoms with Crippen LogP contribution in [0.25, 0.3) is 22.2 Å². The van der Waals surface area contributed by atoms with Crippen LogP contribution in [-0.4, -0.2) is 26.8 Å². The molecule has 7 heteroatoms. The fraction of sp³-hybridized carbons (Fsp3) is 0.0400. The van der Waals surface area contributed by atoms with Crippen LogP contribution in [-0.2, 0) is 0 Å². The molecule has 0 unspecified atom stereocenters. The SMILES string of the molecule is Cc1ccccc1C=Nn1c(N)c(C(=O)Nc2ccccc2)c2nc3ccccc3nc21.